The SMILES string of the molecule is COc1ccc(S(=O)(=O)Nc2ccc(C3(C(=O)NCCCN4CCCC4=O)CC3)cc2)cc1.O=C(O)C(F)(F)F. The van der Waals surface area contributed by atoms with Crippen molar-refractivity contribution in [3.8, 4) is 5.75 Å². The second-order valence-corrected chi connectivity index (χ2v) is 11.0. The smallest absolute Gasteiger partial charge is 0.490 e. The van der Waals surface area contributed by atoms with E-state index < -0.39 is 27.6 Å². The molecule has 0 atom stereocenters. The van der Waals surface area contributed by atoms with Crippen molar-refractivity contribution in [3.63, 3.8) is 0 Å². The zero-order chi connectivity index (χ0) is 29.6. The molecule has 2 amide bonds. The van der Waals surface area contributed by atoms with Crippen LogP contribution in [0.15, 0.2) is 53.4 Å². The molecule has 4 rings (SSSR count). The van der Waals surface area contributed by atoms with Crippen molar-refractivity contribution in [2.24, 2.45) is 0 Å². The third kappa shape index (κ3) is 7.87. The van der Waals surface area contributed by atoms with Crippen molar-refractivity contribution >= 4 is 33.5 Å². The number of carboxylic acids is 1. The molecular formula is C26H30F3N3O7S. The lowest BCUT2D eigenvalue weighted by atomic mass is 9.95. The Hall–Kier alpha value is -3.81. The van der Waals surface area contributed by atoms with E-state index >= 15 is 0 Å². The number of methoxy groups -OCH3 is 1. The minimum absolute atomic E-state index is 0.0122. The molecule has 0 bridgehead atoms. The number of hydrogen-bond acceptors (Lipinski definition) is 6. The van der Waals surface area contributed by atoms with Gasteiger partial charge in [0.2, 0.25) is 11.8 Å². The predicted molar refractivity (Wildman–Crippen MR) is 138 cm³/mol. The van der Waals surface area contributed by atoms with Gasteiger partial charge >= 0.3 is 12.1 Å². The Kier molecular flexibility index (Phi) is 9.66. The molecule has 1 aliphatic carbocycles. The molecule has 2 aliphatic rings. The van der Waals surface area contributed by atoms with E-state index in [1.165, 1.54) is 19.2 Å². The van der Waals surface area contributed by atoms with Crippen LogP contribution in [0.5, 0.6) is 5.75 Å². The summed E-state index contributed by atoms with van der Waals surface area (Å²) in [6, 6.07) is 13.1. The molecule has 10 nitrogen and oxygen atoms in total. The number of benzene rings is 2. The van der Waals surface area contributed by atoms with E-state index in [9.17, 15) is 31.2 Å². The van der Waals surface area contributed by atoms with Gasteiger partial charge in [-0.3, -0.25) is 14.3 Å². The number of amides is 2. The number of alkyl halides is 3. The first-order chi connectivity index (χ1) is 18.8. The van der Waals surface area contributed by atoms with E-state index in [0.717, 1.165) is 37.8 Å². The summed E-state index contributed by atoms with van der Waals surface area (Å²) in [5.74, 6) is -1.99. The van der Waals surface area contributed by atoms with Gasteiger partial charge in [0.1, 0.15) is 5.75 Å². The number of rotatable bonds is 10. The van der Waals surface area contributed by atoms with Crippen molar-refractivity contribution in [1.29, 1.82) is 0 Å². The maximum Gasteiger partial charge on any atom is 0.490 e. The van der Waals surface area contributed by atoms with Crippen molar-refractivity contribution in [3.05, 3.63) is 54.1 Å². The van der Waals surface area contributed by atoms with Crippen molar-refractivity contribution in [2.75, 3.05) is 31.5 Å². The van der Waals surface area contributed by atoms with Crippen LogP contribution in [-0.2, 0) is 29.8 Å². The highest BCUT2D eigenvalue weighted by Crippen LogP contribution is 2.48. The van der Waals surface area contributed by atoms with Gasteiger partial charge in [-0.2, -0.15) is 13.2 Å². The fraction of sp³-hybridized carbons (Fsp3) is 0.423. The lowest BCUT2D eigenvalue weighted by Crippen LogP contribution is -2.36. The molecule has 14 heteroatoms. The molecule has 40 heavy (non-hydrogen) atoms. The summed E-state index contributed by atoms with van der Waals surface area (Å²) in [4.78, 5) is 35.4. The Bertz CT molecular complexity index is 1310. The van der Waals surface area contributed by atoms with Crippen molar-refractivity contribution in [2.45, 2.75) is 48.6 Å². The van der Waals surface area contributed by atoms with E-state index in [0.29, 0.717) is 30.9 Å². The lowest BCUT2D eigenvalue weighted by molar-refractivity contribution is -0.192. The fourth-order valence-corrected chi connectivity index (χ4v) is 5.24. The van der Waals surface area contributed by atoms with Crippen LogP contribution in [0.1, 0.15) is 37.7 Å². The second kappa shape index (κ2) is 12.6. The Morgan fingerprint density at radius 2 is 1.68 bits per heavy atom. The second-order valence-electron chi connectivity index (χ2n) is 9.34. The van der Waals surface area contributed by atoms with Crippen molar-refractivity contribution in [1.82, 2.24) is 10.2 Å². The number of ether oxygens (including phenoxy) is 1. The fourth-order valence-electron chi connectivity index (χ4n) is 4.18. The van der Waals surface area contributed by atoms with Gasteiger partial charge in [-0.25, -0.2) is 13.2 Å². The maximum atomic E-state index is 12.8. The average Bonchev–Trinajstić information content (AvgIpc) is 3.62. The summed E-state index contributed by atoms with van der Waals surface area (Å²) < 4.78 is 64.6. The molecule has 218 valence electrons. The highest BCUT2D eigenvalue weighted by molar-refractivity contribution is 7.92. The van der Waals surface area contributed by atoms with Crippen LogP contribution >= 0.6 is 0 Å². The number of carboxylic acid groups (broad SMARTS) is 1. The number of likely N-dealkylation sites (tertiary alicyclic amines) is 1. The molecule has 1 saturated carbocycles. The molecule has 0 radical (unpaired) electrons. The third-order valence-electron chi connectivity index (χ3n) is 6.55. The first-order valence-electron chi connectivity index (χ1n) is 12.4. The van der Waals surface area contributed by atoms with Gasteiger partial charge in [0.25, 0.3) is 10.0 Å². The number of sulfonamides is 1. The van der Waals surface area contributed by atoms with E-state index in [1.54, 1.807) is 36.4 Å². The number of carbonyl (C=O) groups excluding carboxylic acids is 2. The Morgan fingerprint density at radius 1 is 1.07 bits per heavy atom. The predicted octanol–water partition coefficient (Wildman–Crippen LogP) is 3.29. The first-order valence-corrected chi connectivity index (χ1v) is 13.9. The monoisotopic (exact) mass is 585 g/mol. The molecule has 2 aromatic rings. The number of nitrogens with zero attached hydrogens (tertiary/aromatic N) is 1. The van der Waals surface area contributed by atoms with Gasteiger partial charge in [0.05, 0.1) is 17.4 Å². The number of carbonyl (C=O) groups is 3. The van der Waals surface area contributed by atoms with Gasteiger partial charge in [0.15, 0.2) is 0 Å². The van der Waals surface area contributed by atoms with Gasteiger partial charge < -0.3 is 20.1 Å². The summed E-state index contributed by atoms with van der Waals surface area (Å²) in [6.45, 7) is 2.02. The highest BCUT2D eigenvalue weighted by atomic mass is 32.2. The minimum atomic E-state index is -5.08. The molecule has 1 saturated heterocycles. The molecule has 3 N–H and O–H groups in total. The molecule has 0 unspecified atom stereocenters. The topological polar surface area (TPSA) is 142 Å². The minimum Gasteiger partial charge on any atom is -0.497 e. The number of hydrogen-bond donors (Lipinski definition) is 3. The zero-order valence-corrected chi connectivity index (χ0v) is 22.5. The van der Waals surface area contributed by atoms with Crippen LogP contribution in [0.25, 0.3) is 0 Å². The van der Waals surface area contributed by atoms with Crippen LogP contribution in [0, 0.1) is 0 Å². The average molecular weight is 586 g/mol. The van der Waals surface area contributed by atoms with E-state index in [2.05, 4.69) is 10.0 Å². The lowest BCUT2D eigenvalue weighted by Gasteiger charge is -2.18. The Labute approximate surface area is 229 Å². The number of aliphatic carboxylic acids is 1. The number of nitrogens with one attached hydrogen (secondary N) is 2. The summed E-state index contributed by atoms with van der Waals surface area (Å²) in [5, 5.41) is 10.1. The number of anilines is 1. The van der Waals surface area contributed by atoms with Gasteiger partial charge in [0, 0.05) is 31.7 Å². The Balaban J connectivity index is 0.000000559. The van der Waals surface area contributed by atoms with Gasteiger partial charge in [-0.1, -0.05) is 12.1 Å². The molecule has 0 spiro atoms. The summed E-state index contributed by atoms with van der Waals surface area (Å²) >= 11 is 0. The maximum absolute atomic E-state index is 12.8. The highest BCUT2D eigenvalue weighted by Gasteiger charge is 2.51. The van der Waals surface area contributed by atoms with E-state index in [-0.39, 0.29) is 16.7 Å². The largest absolute Gasteiger partial charge is 0.497 e. The molecule has 2 aromatic carbocycles. The molecule has 0 aromatic heterocycles. The summed E-state index contributed by atoms with van der Waals surface area (Å²) in [6.07, 6.45) is -1.28. The molecule has 2 fully saturated rings. The third-order valence-corrected chi connectivity index (χ3v) is 7.95. The van der Waals surface area contributed by atoms with Crippen LogP contribution in [-0.4, -0.2) is 69.1 Å². The normalized spacial score (nSPS) is 16.0. The number of halogens is 3. The zero-order valence-electron chi connectivity index (χ0n) is 21.7. The van der Waals surface area contributed by atoms with Gasteiger partial charge in [-0.15, -0.1) is 0 Å². The van der Waals surface area contributed by atoms with E-state index in [4.69, 9.17) is 14.6 Å². The molecule has 1 heterocycles. The van der Waals surface area contributed by atoms with Crippen molar-refractivity contribution < 1.29 is 45.8 Å². The summed E-state index contributed by atoms with van der Waals surface area (Å²) in [5.41, 5.74) is 0.764. The first kappa shape index (κ1) is 30.7. The Morgan fingerprint density at radius 3 is 2.15 bits per heavy atom. The van der Waals surface area contributed by atoms with Crippen LogP contribution in [0.4, 0.5) is 18.9 Å². The van der Waals surface area contributed by atoms with Crippen LogP contribution in [0.3, 0.4) is 0 Å². The van der Waals surface area contributed by atoms with Gasteiger partial charge in [-0.05, 0) is 67.6 Å². The van der Waals surface area contributed by atoms with E-state index in [1.807, 2.05) is 4.90 Å². The summed E-state index contributed by atoms with van der Waals surface area (Å²) in [7, 11) is -2.21. The van der Waals surface area contributed by atoms with Crippen LogP contribution in [0.2, 0.25) is 0 Å². The standard InChI is InChI=1S/C24H29N3O5S.C2HF3O2/c1-32-20-9-11-21(12-10-20)33(30,31)26-19-7-5-18(6-8-19)24(13-14-24)23(29)25-15-3-17-27-16-2-4-22(27)28;3-2(4,5)1(6)7/h5-12,26H,2-4,13-17H2,1H3,(H,25,29);(H,6,7). The molecular weight excluding hydrogens is 555 g/mol. The quantitative estimate of drug-likeness (QED) is 0.363. The molecule has 1 aliphatic heterocycles. The van der Waals surface area contributed by atoms with Crippen LogP contribution < -0.4 is 14.8 Å².